The van der Waals surface area contributed by atoms with Gasteiger partial charge in [-0.1, -0.05) is 41.9 Å². The average Bonchev–Trinajstić information content (AvgIpc) is 2.60. The first kappa shape index (κ1) is 17.8. The smallest absolute Gasteiger partial charge is 0.340 e. The molecule has 0 saturated heterocycles. The number of carbonyl (C=O) groups excluding carboxylic acids is 2. The number of nitrogens with one attached hydrogen (secondary N) is 1. The van der Waals surface area contributed by atoms with Gasteiger partial charge >= 0.3 is 5.97 Å². The van der Waals surface area contributed by atoms with Crippen molar-refractivity contribution in [2.75, 3.05) is 19.0 Å². The molecule has 1 amide bonds. The monoisotopic (exact) mass is 349 g/mol. The molecule has 7 heteroatoms. The Morgan fingerprint density at radius 1 is 1.21 bits per heavy atom. The Balaban J connectivity index is 1.91. The zero-order valence-corrected chi connectivity index (χ0v) is 13.6. The summed E-state index contributed by atoms with van der Waals surface area (Å²) in [7, 11) is 1.45. The lowest BCUT2D eigenvalue weighted by Crippen LogP contribution is -2.24. The average molecular weight is 350 g/mol. The third-order valence-corrected chi connectivity index (χ3v) is 3.35. The minimum absolute atomic E-state index is 0.356. The van der Waals surface area contributed by atoms with Crippen molar-refractivity contribution in [3.05, 3.63) is 59.1 Å². The van der Waals surface area contributed by atoms with Gasteiger partial charge in [0.1, 0.15) is 5.75 Å². The highest BCUT2D eigenvalue weighted by molar-refractivity contribution is 6.31. The molecule has 126 valence electrons. The molecule has 2 N–H and O–H groups in total. The lowest BCUT2D eigenvalue weighted by atomic mass is 10.1. The van der Waals surface area contributed by atoms with E-state index in [1.54, 1.807) is 42.5 Å². The summed E-state index contributed by atoms with van der Waals surface area (Å²) in [6.07, 6.45) is -1.44. The van der Waals surface area contributed by atoms with Crippen LogP contribution < -0.4 is 10.1 Å². The number of amides is 1. The molecule has 0 aliphatic heterocycles. The Kier molecular flexibility index (Phi) is 6.17. The first-order valence-electron chi connectivity index (χ1n) is 7.04. The van der Waals surface area contributed by atoms with E-state index >= 15 is 0 Å². The van der Waals surface area contributed by atoms with Crippen molar-refractivity contribution in [1.29, 1.82) is 0 Å². The number of benzene rings is 2. The van der Waals surface area contributed by atoms with Crippen LogP contribution in [0.1, 0.15) is 11.7 Å². The molecule has 2 aromatic rings. The van der Waals surface area contributed by atoms with E-state index in [9.17, 15) is 14.7 Å². The number of anilines is 1. The molecule has 0 unspecified atom stereocenters. The van der Waals surface area contributed by atoms with Crippen LogP contribution in [0.3, 0.4) is 0 Å². The number of methoxy groups -OCH3 is 1. The van der Waals surface area contributed by atoms with Gasteiger partial charge in [0.2, 0.25) is 0 Å². The van der Waals surface area contributed by atoms with Gasteiger partial charge in [0.05, 0.1) is 12.8 Å². The van der Waals surface area contributed by atoms with E-state index in [2.05, 4.69) is 5.32 Å². The summed E-state index contributed by atoms with van der Waals surface area (Å²) < 4.78 is 9.92. The van der Waals surface area contributed by atoms with Crippen molar-refractivity contribution in [1.82, 2.24) is 0 Å². The normalized spacial score (nSPS) is 11.5. The fourth-order valence-electron chi connectivity index (χ4n) is 1.95. The summed E-state index contributed by atoms with van der Waals surface area (Å²) in [5.74, 6) is -1.07. The molecule has 0 bridgehead atoms. The summed E-state index contributed by atoms with van der Waals surface area (Å²) in [6.45, 7) is -0.543. The molecule has 0 aliphatic carbocycles. The van der Waals surface area contributed by atoms with Crippen molar-refractivity contribution < 1.29 is 24.2 Å². The third kappa shape index (κ3) is 4.71. The quantitative estimate of drug-likeness (QED) is 0.783. The fourth-order valence-corrected chi connectivity index (χ4v) is 2.12. The number of hydrogen-bond donors (Lipinski definition) is 2. The van der Waals surface area contributed by atoms with Gasteiger partial charge in [-0.05, 0) is 23.8 Å². The van der Waals surface area contributed by atoms with E-state index in [1.807, 2.05) is 0 Å². The highest BCUT2D eigenvalue weighted by atomic mass is 35.5. The van der Waals surface area contributed by atoms with E-state index in [0.717, 1.165) is 0 Å². The topological polar surface area (TPSA) is 84.9 Å². The number of ether oxygens (including phenoxy) is 2. The number of rotatable bonds is 6. The molecule has 0 aromatic heterocycles. The molecule has 0 radical (unpaired) electrons. The molecule has 0 fully saturated rings. The number of aliphatic hydroxyl groups is 1. The van der Waals surface area contributed by atoms with Gasteiger partial charge in [0, 0.05) is 5.02 Å². The second-order valence-corrected chi connectivity index (χ2v) is 5.25. The van der Waals surface area contributed by atoms with Crippen LogP contribution in [0.5, 0.6) is 5.75 Å². The van der Waals surface area contributed by atoms with Gasteiger partial charge in [0.15, 0.2) is 12.7 Å². The molecular weight excluding hydrogens is 334 g/mol. The van der Waals surface area contributed by atoms with Crippen molar-refractivity contribution in [2.45, 2.75) is 6.10 Å². The van der Waals surface area contributed by atoms with E-state index < -0.39 is 24.6 Å². The van der Waals surface area contributed by atoms with E-state index in [-0.39, 0.29) is 0 Å². The third-order valence-electron chi connectivity index (χ3n) is 3.12. The molecule has 6 nitrogen and oxygen atoms in total. The van der Waals surface area contributed by atoms with Crippen molar-refractivity contribution in [3.8, 4) is 5.75 Å². The largest absolute Gasteiger partial charge is 0.495 e. The maximum atomic E-state index is 11.9. The molecular formula is C17H16ClNO5. The Morgan fingerprint density at radius 3 is 2.58 bits per heavy atom. The van der Waals surface area contributed by atoms with Crippen LogP contribution in [-0.2, 0) is 14.3 Å². The molecule has 1 atom stereocenters. The van der Waals surface area contributed by atoms with E-state index in [4.69, 9.17) is 21.1 Å². The number of esters is 1. The first-order chi connectivity index (χ1) is 11.5. The molecule has 24 heavy (non-hydrogen) atoms. The fraction of sp³-hybridized carbons (Fsp3) is 0.176. The maximum absolute atomic E-state index is 11.9. The van der Waals surface area contributed by atoms with Crippen LogP contribution in [0.15, 0.2) is 48.5 Å². The zero-order valence-electron chi connectivity index (χ0n) is 12.9. The van der Waals surface area contributed by atoms with Crippen molar-refractivity contribution in [2.24, 2.45) is 0 Å². The first-order valence-corrected chi connectivity index (χ1v) is 7.42. The lowest BCUT2D eigenvalue weighted by Gasteiger charge is -2.12. The Morgan fingerprint density at radius 2 is 1.92 bits per heavy atom. The lowest BCUT2D eigenvalue weighted by molar-refractivity contribution is -0.156. The Hall–Kier alpha value is -2.57. The highest BCUT2D eigenvalue weighted by Crippen LogP contribution is 2.27. The molecule has 0 saturated carbocycles. The number of hydrogen-bond acceptors (Lipinski definition) is 5. The minimum Gasteiger partial charge on any atom is -0.495 e. The van der Waals surface area contributed by atoms with E-state index in [0.29, 0.717) is 22.0 Å². The standard InChI is InChI=1S/C17H16ClNO5/c1-23-14-8-7-12(18)9-13(14)19-15(20)10-24-17(22)16(21)11-5-3-2-4-6-11/h2-9,16,21H,10H2,1H3,(H,19,20)/t16-/m1/s1. The predicted molar refractivity (Wildman–Crippen MR) is 89.0 cm³/mol. The van der Waals surface area contributed by atoms with Crippen LogP contribution >= 0.6 is 11.6 Å². The SMILES string of the molecule is COc1ccc(Cl)cc1NC(=O)COC(=O)[C@H](O)c1ccccc1. The van der Waals surface area contributed by atoms with E-state index in [1.165, 1.54) is 13.2 Å². The summed E-state index contributed by atoms with van der Waals surface area (Å²) in [6, 6.07) is 13.0. The van der Waals surface area contributed by atoms with Gasteiger partial charge in [-0.3, -0.25) is 4.79 Å². The molecule has 0 spiro atoms. The predicted octanol–water partition coefficient (Wildman–Crippen LogP) is 2.56. The summed E-state index contributed by atoms with van der Waals surface area (Å²) in [5.41, 5.74) is 0.745. The molecule has 0 aliphatic rings. The molecule has 2 rings (SSSR count). The van der Waals surface area contributed by atoms with Crippen LogP contribution in [-0.4, -0.2) is 30.7 Å². The summed E-state index contributed by atoms with van der Waals surface area (Å²) >= 11 is 5.87. The highest BCUT2D eigenvalue weighted by Gasteiger charge is 2.20. The van der Waals surface area contributed by atoms with Crippen LogP contribution in [0.2, 0.25) is 5.02 Å². The second kappa shape index (κ2) is 8.33. The van der Waals surface area contributed by atoms with Gasteiger partial charge in [0.25, 0.3) is 5.91 Å². The minimum atomic E-state index is -1.44. The second-order valence-electron chi connectivity index (χ2n) is 4.81. The van der Waals surface area contributed by atoms with Crippen molar-refractivity contribution in [3.63, 3.8) is 0 Å². The molecule has 0 heterocycles. The number of halogens is 1. The number of carbonyl (C=O) groups is 2. The zero-order chi connectivity index (χ0) is 17.5. The van der Waals surface area contributed by atoms with Crippen LogP contribution in [0, 0.1) is 0 Å². The summed E-state index contributed by atoms with van der Waals surface area (Å²) in [4.78, 5) is 23.7. The summed E-state index contributed by atoms with van der Waals surface area (Å²) in [5, 5.41) is 12.8. The van der Waals surface area contributed by atoms with Gasteiger partial charge in [-0.25, -0.2) is 4.79 Å². The van der Waals surface area contributed by atoms with Crippen LogP contribution in [0.4, 0.5) is 5.69 Å². The van der Waals surface area contributed by atoms with Gasteiger partial charge in [-0.15, -0.1) is 0 Å². The van der Waals surface area contributed by atoms with Gasteiger partial charge < -0.3 is 19.9 Å². The van der Waals surface area contributed by atoms with Crippen molar-refractivity contribution >= 4 is 29.2 Å². The number of aliphatic hydroxyl groups excluding tert-OH is 1. The molecule has 2 aromatic carbocycles. The van der Waals surface area contributed by atoms with Crippen LogP contribution in [0.25, 0.3) is 0 Å². The Bertz CT molecular complexity index is 720. The maximum Gasteiger partial charge on any atom is 0.340 e. The Labute approximate surface area is 144 Å². The van der Waals surface area contributed by atoms with Gasteiger partial charge in [-0.2, -0.15) is 0 Å².